The Hall–Kier alpha value is -2.80. The van der Waals surface area contributed by atoms with Gasteiger partial charge in [-0.05, 0) is 44.9 Å². The lowest BCUT2D eigenvalue weighted by atomic mass is 9.98. The van der Waals surface area contributed by atoms with Crippen molar-refractivity contribution in [2.45, 2.75) is 289 Å². The van der Waals surface area contributed by atoms with Gasteiger partial charge in [-0.3, -0.25) is 14.4 Å². The van der Waals surface area contributed by atoms with Crippen LogP contribution in [0, 0.1) is 0 Å². The van der Waals surface area contributed by atoms with Crippen molar-refractivity contribution in [1.82, 2.24) is 0 Å². The van der Waals surface area contributed by atoms with Crippen molar-refractivity contribution < 1.29 is 58.2 Å². The van der Waals surface area contributed by atoms with Crippen molar-refractivity contribution in [3.8, 4) is 0 Å². The van der Waals surface area contributed by atoms with Gasteiger partial charge < -0.3 is 39.0 Å². The molecule has 0 aliphatic carbocycles. The summed E-state index contributed by atoms with van der Waals surface area (Å²) >= 11 is 0. The number of unbranched alkanes of at least 4 members (excludes halogenated alkanes) is 28. The summed E-state index contributed by atoms with van der Waals surface area (Å²) < 4.78 is 28.3. The highest BCUT2D eigenvalue weighted by molar-refractivity contribution is 5.74. The number of esters is 3. The molecule has 0 radical (unpaired) electrons. The third-order valence-electron chi connectivity index (χ3n) is 12.5. The molecule has 12 heteroatoms. The number of carbonyl (C=O) groups excluding carboxylic acids is 3. The monoisotopic (exact) mass is 951 g/mol. The molecule has 0 spiro atoms. The van der Waals surface area contributed by atoms with Gasteiger partial charge in [0.1, 0.15) is 18.8 Å². The Kier molecular flexibility index (Phi) is 41.2. The van der Waals surface area contributed by atoms with Crippen LogP contribution in [0.2, 0.25) is 0 Å². The van der Waals surface area contributed by atoms with Crippen LogP contribution in [-0.4, -0.2) is 89.2 Å². The summed E-state index contributed by atoms with van der Waals surface area (Å²) in [6, 6.07) is 0. The van der Waals surface area contributed by atoms with Gasteiger partial charge in [0.05, 0.1) is 6.61 Å². The number of aliphatic carboxylic acids is 1. The molecule has 0 bridgehead atoms. The Balaban J connectivity index is 2.68. The molecule has 0 aromatic heterocycles. The van der Waals surface area contributed by atoms with Gasteiger partial charge in [0.15, 0.2) is 24.6 Å². The second-order valence-corrected chi connectivity index (χ2v) is 18.9. The maximum Gasteiger partial charge on any atom is 0.335 e. The Labute approximate surface area is 407 Å². The first kappa shape index (κ1) is 62.2. The molecule has 390 valence electrons. The van der Waals surface area contributed by atoms with Gasteiger partial charge in [0.25, 0.3) is 0 Å². The summed E-state index contributed by atoms with van der Waals surface area (Å²) in [6.45, 7) is 5.89. The molecule has 3 N–H and O–H groups in total. The van der Waals surface area contributed by atoms with E-state index in [9.17, 15) is 34.5 Å². The maximum atomic E-state index is 13.0. The molecule has 67 heavy (non-hydrogen) atoms. The molecule has 12 nitrogen and oxygen atoms in total. The first-order chi connectivity index (χ1) is 32.6. The van der Waals surface area contributed by atoms with Crippen molar-refractivity contribution in [2.24, 2.45) is 0 Å². The minimum absolute atomic E-state index is 0.0658. The fourth-order valence-corrected chi connectivity index (χ4v) is 8.29. The number of aliphatic hydroxyl groups is 2. The fourth-order valence-electron chi connectivity index (χ4n) is 8.29. The SMILES string of the molecule is CCC/C=C\C/C=C\CCCCCCCC(=O)OCC(COC1OC(C(=O)O)C(O)C(O)C1OC(=O)CCCCCCCCCCCCCCCCC)OC(=O)CCCCCCCCCCC. The van der Waals surface area contributed by atoms with Gasteiger partial charge in [0.2, 0.25) is 0 Å². The van der Waals surface area contributed by atoms with Crippen LogP contribution in [0.1, 0.15) is 252 Å². The Morgan fingerprint density at radius 2 is 0.925 bits per heavy atom. The van der Waals surface area contributed by atoms with Gasteiger partial charge in [-0.1, -0.05) is 212 Å². The zero-order chi connectivity index (χ0) is 49.0. The van der Waals surface area contributed by atoms with Crippen molar-refractivity contribution >= 4 is 23.9 Å². The van der Waals surface area contributed by atoms with Crippen LogP contribution in [0.15, 0.2) is 24.3 Å². The molecule has 0 aromatic rings. The van der Waals surface area contributed by atoms with Gasteiger partial charge in [0, 0.05) is 19.3 Å². The number of hydrogen-bond donors (Lipinski definition) is 3. The van der Waals surface area contributed by atoms with Crippen molar-refractivity contribution in [2.75, 3.05) is 13.2 Å². The van der Waals surface area contributed by atoms with Crippen LogP contribution in [0.25, 0.3) is 0 Å². The first-order valence-electron chi connectivity index (χ1n) is 27.3. The number of rotatable bonds is 46. The zero-order valence-corrected chi connectivity index (χ0v) is 42.7. The highest BCUT2D eigenvalue weighted by atomic mass is 16.7. The number of carboxylic acid groups (broad SMARTS) is 1. The molecule has 1 rings (SSSR count). The van der Waals surface area contributed by atoms with Crippen LogP contribution in [0.3, 0.4) is 0 Å². The Morgan fingerprint density at radius 3 is 1.40 bits per heavy atom. The third kappa shape index (κ3) is 35.0. The zero-order valence-electron chi connectivity index (χ0n) is 42.7. The van der Waals surface area contributed by atoms with Crippen molar-refractivity contribution in [1.29, 1.82) is 0 Å². The first-order valence-corrected chi connectivity index (χ1v) is 27.3. The minimum atomic E-state index is -1.90. The van der Waals surface area contributed by atoms with E-state index >= 15 is 0 Å². The van der Waals surface area contributed by atoms with Crippen LogP contribution < -0.4 is 0 Å². The van der Waals surface area contributed by atoms with E-state index in [0.717, 1.165) is 89.9 Å². The largest absolute Gasteiger partial charge is 0.479 e. The maximum absolute atomic E-state index is 13.0. The molecule has 0 saturated carbocycles. The Bertz CT molecular complexity index is 1270. The predicted octanol–water partition coefficient (Wildman–Crippen LogP) is 13.1. The molecule has 1 aliphatic rings. The minimum Gasteiger partial charge on any atom is -0.479 e. The summed E-state index contributed by atoms with van der Waals surface area (Å²) in [6.07, 6.45) is 36.0. The molecule has 1 saturated heterocycles. The van der Waals surface area contributed by atoms with Crippen LogP contribution in [0.4, 0.5) is 0 Å². The lowest BCUT2D eigenvalue weighted by molar-refractivity contribution is -0.301. The average Bonchev–Trinajstić information content (AvgIpc) is 3.31. The smallest absolute Gasteiger partial charge is 0.335 e. The van der Waals surface area contributed by atoms with Gasteiger partial charge >= 0.3 is 23.9 Å². The topological polar surface area (TPSA) is 175 Å². The lowest BCUT2D eigenvalue weighted by Crippen LogP contribution is -2.61. The van der Waals surface area contributed by atoms with Crippen LogP contribution in [0.5, 0.6) is 0 Å². The van der Waals surface area contributed by atoms with Gasteiger partial charge in [-0.15, -0.1) is 0 Å². The Morgan fingerprint density at radius 1 is 0.493 bits per heavy atom. The second-order valence-electron chi connectivity index (χ2n) is 18.9. The number of ether oxygens (including phenoxy) is 5. The van der Waals surface area contributed by atoms with Gasteiger partial charge in [-0.25, -0.2) is 4.79 Å². The average molecular weight is 951 g/mol. The van der Waals surface area contributed by atoms with E-state index in [1.54, 1.807) is 0 Å². The molecule has 6 atom stereocenters. The summed E-state index contributed by atoms with van der Waals surface area (Å²) in [4.78, 5) is 50.8. The molecule has 1 fully saturated rings. The van der Waals surface area contributed by atoms with Crippen molar-refractivity contribution in [3.05, 3.63) is 24.3 Å². The summed E-state index contributed by atoms with van der Waals surface area (Å²) in [7, 11) is 0. The molecular formula is C55H98O12. The summed E-state index contributed by atoms with van der Waals surface area (Å²) in [5, 5.41) is 31.3. The number of carboxylic acids is 1. The van der Waals surface area contributed by atoms with Crippen molar-refractivity contribution in [3.63, 3.8) is 0 Å². The lowest BCUT2D eigenvalue weighted by Gasteiger charge is -2.40. The molecule has 0 amide bonds. The molecule has 6 unspecified atom stereocenters. The number of hydrogen-bond acceptors (Lipinski definition) is 11. The van der Waals surface area contributed by atoms with E-state index < -0.39 is 67.3 Å². The highest BCUT2D eigenvalue weighted by Crippen LogP contribution is 2.26. The van der Waals surface area contributed by atoms with E-state index in [1.807, 2.05) is 0 Å². The fraction of sp³-hybridized carbons (Fsp3) is 0.855. The third-order valence-corrected chi connectivity index (χ3v) is 12.5. The number of allylic oxidation sites excluding steroid dienone is 4. The molecule has 1 aliphatic heterocycles. The van der Waals surface area contributed by atoms with E-state index in [1.165, 1.54) is 103 Å². The molecule has 0 aromatic carbocycles. The predicted molar refractivity (Wildman–Crippen MR) is 266 cm³/mol. The van der Waals surface area contributed by atoms with E-state index in [2.05, 4.69) is 45.1 Å². The number of aliphatic hydroxyl groups excluding tert-OH is 2. The van der Waals surface area contributed by atoms with Crippen LogP contribution >= 0.6 is 0 Å². The standard InChI is InChI=1S/C55H98O12/c1-4-7-10-13-16-19-21-23-24-26-28-31-34-37-40-43-49(58)66-53-51(60)50(59)52(54(61)62)67-55(53)64-45-46(65-48(57)42-39-36-33-29-18-15-12-9-6-3)44-63-47(56)41-38-35-32-30-27-25-22-20-17-14-11-8-5-2/h11,14,20,22,46,50-53,55,59-60H,4-10,12-13,15-19,21,23-45H2,1-3H3,(H,61,62)/b14-11-,22-20-. The molecule has 1 heterocycles. The second kappa shape index (κ2) is 44.4. The summed E-state index contributed by atoms with van der Waals surface area (Å²) in [5.41, 5.74) is 0. The van der Waals surface area contributed by atoms with Crippen LogP contribution in [-0.2, 0) is 42.9 Å². The van der Waals surface area contributed by atoms with E-state index in [0.29, 0.717) is 19.3 Å². The summed E-state index contributed by atoms with van der Waals surface area (Å²) in [5.74, 6) is -3.12. The normalized spacial score (nSPS) is 19.0. The quantitative estimate of drug-likeness (QED) is 0.0228. The number of carbonyl (C=O) groups is 4. The van der Waals surface area contributed by atoms with Gasteiger partial charge in [-0.2, -0.15) is 0 Å². The highest BCUT2D eigenvalue weighted by Gasteiger charge is 2.50. The molecular weight excluding hydrogens is 853 g/mol. The van der Waals surface area contributed by atoms with E-state index in [-0.39, 0.29) is 25.9 Å². The van der Waals surface area contributed by atoms with E-state index in [4.69, 9.17) is 23.7 Å².